The molecule has 0 saturated heterocycles. The number of aryl methyl sites for hydroxylation is 2. The third-order valence-electron chi connectivity index (χ3n) is 7.74. The van der Waals surface area contributed by atoms with E-state index in [0.29, 0.717) is 5.92 Å². The molecule has 29 heavy (non-hydrogen) atoms. The summed E-state index contributed by atoms with van der Waals surface area (Å²) in [7, 11) is 0. The summed E-state index contributed by atoms with van der Waals surface area (Å²) in [4.78, 5) is 10.1. The van der Waals surface area contributed by atoms with Crippen LogP contribution in [-0.4, -0.2) is 9.97 Å². The van der Waals surface area contributed by atoms with Gasteiger partial charge in [-0.2, -0.15) is 0 Å². The summed E-state index contributed by atoms with van der Waals surface area (Å²) in [5.41, 5.74) is 2.82. The molecule has 0 bridgehead atoms. The molecule has 0 spiro atoms. The fourth-order valence-corrected chi connectivity index (χ4v) is 5.80. The molecule has 0 aliphatic heterocycles. The van der Waals surface area contributed by atoms with E-state index < -0.39 is 0 Å². The van der Waals surface area contributed by atoms with Crippen LogP contribution >= 0.6 is 0 Å². The average Bonchev–Trinajstić information content (AvgIpc) is 2.79. The smallest absolute Gasteiger partial charge is 0.131 e. The molecule has 2 heteroatoms. The van der Waals surface area contributed by atoms with E-state index in [0.717, 1.165) is 18.3 Å². The van der Waals surface area contributed by atoms with Crippen LogP contribution in [0.1, 0.15) is 140 Å². The molecule has 0 aromatic carbocycles. The van der Waals surface area contributed by atoms with Crippen LogP contribution in [0.25, 0.3) is 0 Å². The molecule has 164 valence electrons. The van der Waals surface area contributed by atoms with Gasteiger partial charge in [0.1, 0.15) is 5.82 Å². The summed E-state index contributed by atoms with van der Waals surface area (Å²) in [6.07, 6.45) is 26.7. The minimum atomic E-state index is 0.619. The Morgan fingerprint density at radius 2 is 1.41 bits per heavy atom. The van der Waals surface area contributed by atoms with Crippen molar-refractivity contribution in [3.63, 3.8) is 0 Å². The van der Waals surface area contributed by atoms with Crippen molar-refractivity contribution in [3.05, 3.63) is 23.3 Å². The topological polar surface area (TPSA) is 25.8 Å². The van der Waals surface area contributed by atoms with Crippen LogP contribution in [0.2, 0.25) is 0 Å². The lowest BCUT2D eigenvalue weighted by molar-refractivity contribution is 0.184. The quantitative estimate of drug-likeness (QED) is 0.351. The molecule has 2 saturated carbocycles. The zero-order valence-electron chi connectivity index (χ0n) is 19.4. The van der Waals surface area contributed by atoms with Gasteiger partial charge in [-0.05, 0) is 68.8 Å². The first kappa shape index (κ1) is 22.8. The van der Waals surface area contributed by atoms with Gasteiger partial charge in [-0.3, -0.25) is 0 Å². The minimum absolute atomic E-state index is 0.619. The molecule has 2 aliphatic carbocycles. The molecule has 3 rings (SSSR count). The molecule has 0 unspecified atom stereocenters. The Labute approximate surface area is 180 Å². The molecule has 1 aromatic rings. The van der Waals surface area contributed by atoms with E-state index in [-0.39, 0.29) is 0 Å². The molecule has 1 aromatic heterocycles. The van der Waals surface area contributed by atoms with Crippen molar-refractivity contribution >= 4 is 0 Å². The van der Waals surface area contributed by atoms with Crippen LogP contribution in [0.5, 0.6) is 0 Å². The Morgan fingerprint density at radius 1 is 0.724 bits per heavy atom. The fourth-order valence-electron chi connectivity index (χ4n) is 5.80. The van der Waals surface area contributed by atoms with Gasteiger partial charge in [-0.25, -0.2) is 9.97 Å². The van der Waals surface area contributed by atoms with E-state index in [1.165, 1.54) is 126 Å². The highest BCUT2D eigenvalue weighted by molar-refractivity contribution is 5.19. The fraction of sp³-hybridized carbons (Fsp3) is 0.852. The Kier molecular flexibility index (Phi) is 9.97. The van der Waals surface area contributed by atoms with Crippen LogP contribution in [0.4, 0.5) is 0 Å². The molecule has 2 nitrogen and oxygen atoms in total. The maximum Gasteiger partial charge on any atom is 0.131 e. The molecule has 0 radical (unpaired) electrons. The molecule has 0 amide bonds. The molecule has 1 heterocycles. The summed E-state index contributed by atoms with van der Waals surface area (Å²) in [5, 5.41) is 0. The van der Waals surface area contributed by atoms with Crippen molar-refractivity contribution in [3.8, 4) is 0 Å². The number of hydrogen-bond donors (Lipinski definition) is 0. The third-order valence-corrected chi connectivity index (χ3v) is 7.74. The normalized spacial score (nSPS) is 23.4. The summed E-state index contributed by atoms with van der Waals surface area (Å²) in [6, 6.07) is 0. The van der Waals surface area contributed by atoms with Crippen molar-refractivity contribution in [2.45, 2.75) is 135 Å². The highest BCUT2D eigenvalue weighted by Gasteiger charge is 2.30. The predicted octanol–water partition coefficient (Wildman–Crippen LogP) is 8.19. The molecule has 0 atom stereocenters. The van der Waals surface area contributed by atoms with Crippen molar-refractivity contribution in [2.75, 3.05) is 0 Å². The minimum Gasteiger partial charge on any atom is -0.241 e. The Balaban J connectivity index is 1.56. The van der Waals surface area contributed by atoms with Gasteiger partial charge in [-0.1, -0.05) is 78.1 Å². The second kappa shape index (κ2) is 12.7. The monoisotopic (exact) mass is 398 g/mol. The molecular weight excluding hydrogens is 352 g/mol. The van der Waals surface area contributed by atoms with E-state index in [2.05, 4.69) is 20.0 Å². The number of unbranched alkanes of at least 4 members (excludes halogenated alkanes) is 5. The van der Waals surface area contributed by atoms with E-state index in [4.69, 9.17) is 9.97 Å². The van der Waals surface area contributed by atoms with Crippen LogP contribution in [0.15, 0.2) is 6.20 Å². The Morgan fingerprint density at radius 3 is 2.14 bits per heavy atom. The lowest BCUT2D eigenvalue weighted by Gasteiger charge is -2.35. The van der Waals surface area contributed by atoms with E-state index in [1.54, 1.807) is 0 Å². The third kappa shape index (κ3) is 7.07. The van der Waals surface area contributed by atoms with Gasteiger partial charge in [0, 0.05) is 17.8 Å². The Bertz CT molecular complexity index is 568. The van der Waals surface area contributed by atoms with Gasteiger partial charge in [-0.15, -0.1) is 0 Å². The van der Waals surface area contributed by atoms with E-state index in [1.807, 2.05) is 0 Å². The maximum atomic E-state index is 5.18. The molecule has 2 aliphatic rings. The number of aromatic nitrogens is 2. The second-order valence-corrected chi connectivity index (χ2v) is 9.98. The zero-order chi connectivity index (χ0) is 20.3. The number of nitrogens with zero attached hydrogens (tertiary/aromatic N) is 2. The van der Waals surface area contributed by atoms with Crippen molar-refractivity contribution in [2.24, 2.45) is 11.8 Å². The lowest BCUT2D eigenvalue weighted by atomic mass is 9.71. The maximum absolute atomic E-state index is 5.18. The van der Waals surface area contributed by atoms with Crippen LogP contribution in [0, 0.1) is 11.8 Å². The van der Waals surface area contributed by atoms with Gasteiger partial charge in [0.25, 0.3) is 0 Å². The number of hydrogen-bond acceptors (Lipinski definition) is 2. The van der Waals surface area contributed by atoms with Crippen molar-refractivity contribution < 1.29 is 0 Å². The first-order valence-electron chi connectivity index (χ1n) is 13.2. The highest BCUT2D eigenvalue weighted by atomic mass is 14.9. The summed E-state index contributed by atoms with van der Waals surface area (Å²) in [6.45, 7) is 4.58. The highest BCUT2D eigenvalue weighted by Crippen LogP contribution is 2.42. The second-order valence-electron chi connectivity index (χ2n) is 9.98. The number of rotatable bonds is 11. The standard InChI is InChI=1S/C27H46N2/c1-3-5-7-8-10-15-25-21-28-27(29-26(25)16-6-4-2)24-19-17-23(18-20-24)22-13-11-9-12-14-22/h21-24H,3-20H2,1-2H3. The summed E-state index contributed by atoms with van der Waals surface area (Å²) in [5.74, 6) is 3.82. The van der Waals surface area contributed by atoms with Gasteiger partial charge in [0.2, 0.25) is 0 Å². The molecule has 2 fully saturated rings. The Hall–Kier alpha value is -0.920. The first-order valence-corrected chi connectivity index (χ1v) is 13.2. The van der Waals surface area contributed by atoms with Crippen LogP contribution in [-0.2, 0) is 12.8 Å². The van der Waals surface area contributed by atoms with Crippen molar-refractivity contribution in [1.29, 1.82) is 0 Å². The lowest BCUT2D eigenvalue weighted by Crippen LogP contribution is -2.24. The van der Waals surface area contributed by atoms with E-state index >= 15 is 0 Å². The predicted molar refractivity (Wildman–Crippen MR) is 124 cm³/mol. The molecule has 0 N–H and O–H groups in total. The van der Waals surface area contributed by atoms with Crippen LogP contribution < -0.4 is 0 Å². The summed E-state index contributed by atoms with van der Waals surface area (Å²) < 4.78 is 0. The SMILES string of the molecule is CCCCCCCc1cnc(C2CCC(C3CCCCC3)CC2)nc1CCCC. The largest absolute Gasteiger partial charge is 0.241 e. The van der Waals surface area contributed by atoms with Gasteiger partial charge < -0.3 is 0 Å². The van der Waals surface area contributed by atoms with Crippen LogP contribution in [0.3, 0.4) is 0 Å². The first-order chi connectivity index (χ1) is 14.3. The van der Waals surface area contributed by atoms with Crippen molar-refractivity contribution in [1.82, 2.24) is 9.97 Å². The van der Waals surface area contributed by atoms with E-state index in [9.17, 15) is 0 Å². The van der Waals surface area contributed by atoms with Gasteiger partial charge in [0.15, 0.2) is 0 Å². The molecular formula is C27H46N2. The summed E-state index contributed by atoms with van der Waals surface area (Å²) >= 11 is 0. The van der Waals surface area contributed by atoms with Gasteiger partial charge in [0.05, 0.1) is 0 Å². The zero-order valence-corrected chi connectivity index (χ0v) is 19.4. The van der Waals surface area contributed by atoms with Gasteiger partial charge >= 0.3 is 0 Å². The average molecular weight is 399 g/mol.